The van der Waals surface area contributed by atoms with E-state index in [9.17, 15) is 17.6 Å². The lowest BCUT2D eigenvalue weighted by Crippen LogP contribution is -2.52. The van der Waals surface area contributed by atoms with Crippen LogP contribution in [0.2, 0.25) is 0 Å². The van der Waals surface area contributed by atoms with Gasteiger partial charge in [-0.3, -0.25) is 0 Å². The molecule has 2 aromatic carbocycles. The van der Waals surface area contributed by atoms with Crippen LogP contribution in [0.3, 0.4) is 0 Å². The first-order chi connectivity index (χ1) is 13.7. The van der Waals surface area contributed by atoms with Crippen molar-refractivity contribution in [3.63, 3.8) is 0 Å². The zero-order valence-electron chi connectivity index (χ0n) is 16.4. The minimum Gasteiger partial charge on any atom is -0.477 e. The number of benzene rings is 2. The van der Waals surface area contributed by atoms with Gasteiger partial charge in [-0.15, -0.1) is 0 Å². The number of nitrogens with zero attached hydrogens (tertiary/aromatic N) is 2. The summed E-state index contributed by atoms with van der Waals surface area (Å²) < 4.78 is 65.8. The van der Waals surface area contributed by atoms with Crippen molar-refractivity contribution in [2.24, 2.45) is 4.99 Å². The Hall–Kier alpha value is -2.61. The zero-order valence-corrected chi connectivity index (χ0v) is 16.4. The highest BCUT2D eigenvalue weighted by molar-refractivity contribution is 5.63. The number of aryl methyl sites for hydroxylation is 1. The largest absolute Gasteiger partial charge is 0.477 e. The van der Waals surface area contributed by atoms with E-state index < -0.39 is 23.2 Å². The van der Waals surface area contributed by atoms with E-state index in [1.54, 1.807) is 19.3 Å². The fourth-order valence-electron chi connectivity index (χ4n) is 2.96. The second-order valence-electron chi connectivity index (χ2n) is 7.02. The van der Waals surface area contributed by atoms with E-state index in [2.05, 4.69) is 4.99 Å². The molecule has 29 heavy (non-hydrogen) atoms. The molecule has 1 heterocycles. The normalized spacial score (nSPS) is 16.0. The average Bonchev–Trinajstić information content (AvgIpc) is 2.64. The summed E-state index contributed by atoms with van der Waals surface area (Å²) >= 11 is 0. The first-order valence-corrected chi connectivity index (χ1v) is 9.14. The number of hydrogen-bond acceptors (Lipinski definition) is 3. The van der Waals surface area contributed by atoms with Crippen LogP contribution >= 0.6 is 0 Å². The first kappa shape index (κ1) is 21.1. The molecule has 8 heteroatoms. The summed E-state index contributed by atoms with van der Waals surface area (Å²) in [5.41, 5.74) is -0.953. The monoisotopic (exact) mass is 410 g/mol. The standard InChI is InChI=1S/C21H22F4N2O2/c1-4-27(3)13-26-18-10-17(22)16(9-14(18)2)20(11-28-12-20)29-19-8-6-5-7-15(19)21(23,24)25/h5-10,13H,4,11-12H2,1-3H3. The summed E-state index contributed by atoms with van der Waals surface area (Å²) in [6.07, 6.45) is -2.99. The Labute approximate surface area is 166 Å². The molecule has 0 saturated carbocycles. The van der Waals surface area contributed by atoms with Crippen molar-refractivity contribution in [1.29, 1.82) is 0 Å². The lowest BCUT2D eigenvalue weighted by molar-refractivity contribution is -0.176. The van der Waals surface area contributed by atoms with E-state index in [-0.39, 0.29) is 24.5 Å². The molecule has 0 N–H and O–H groups in total. The van der Waals surface area contributed by atoms with E-state index in [0.717, 1.165) is 12.6 Å². The second kappa shape index (κ2) is 8.02. The van der Waals surface area contributed by atoms with Gasteiger partial charge in [0.15, 0.2) is 5.60 Å². The topological polar surface area (TPSA) is 34.1 Å². The highest BCUT2D eigenvalue weighted by atomic mass is 19.4. The molecule has 0 amide bonds. The SMILES string of the molecule is CCN(C)C=Nc1cc(F)c(C2(Oc3ccccc3C(F)(F)F)COC2)cc1C. The van der Waals surface area contributed by atoms with Crippen molar-refractivity contribution < 1.29 is 27.0 Å². The third-order valence-electron chi connectivity index (χ3n) is 4.84. The van der Waals surface area contributed by atoms with Crippen LogP contribution in [-0.4, -0.2) is 38.0 Å². The summed E-state index contributed by atoms with van der Waals surface area (Å²) in [6.45, 7) is 4.38. The fourth-order valence-corrected chi connectivity index (χ4v) is 2.96. The lowest BCUT2D eigenvalue weighted by Gasteiger charge is -2.42. The highest BCUT2D eigenvalue weighted by Crippen LogP contribution is 2.43. The maximum Gasteiger partial charge on any atom is 0.419 e. The molecule has 156 valence electrons. The van der Waals surface area contributed by atoms with Gasteiger partial charge in [0.1, 0.15) is 11.6 Å². The summed E-state index contributed by atoms with van der Waals surface area (Å²) in [5.74, 6) is -0.957. The molecule has 3 rings (SSSR count). The van der Waals surface area contributed by atoms with Crippen molar-refractivity contribution in [1.82, 2.24) is 4.90 Å². The van der Waals surface area contributed by atoms with Crippen LogP contribution in [0.5, 0.6) is 5.75 Å². The van der Waals surface area contributed by atoms with E-state index in [0.29, 0.717) is 11.3 Å². The average molecular weight is 410 g/mol. The van der Waals surface area contributed by atoms with Gasteiger partial charge in [-0.25, -0.2) is 9.38 Å². The Morgan fingerprint density at radius 2 is 1.93 bits per heavy atom. The Kier molecular flexibility index (Phi) is 5.84. The number of para-hydroxylation sites is 1. The number of rotatable bonds is 6. The predicted octanol–water partition coefficient (Wildman–Crippen LogP) is 5.07. The van der Waals surface area contributed by atoms with Crippen molar-refractivity contribution >= 4 is 12.0 Å². The minimum absolute atomic E-state index is 0.0449. The van der Waals surface area contributed by atoms with Crippen LogP contribution in [0.25, 0.3) is 0 Å². The molecule has 1 fully saturated rings. The molecule has 1 aliphatic rings. The number of halogens is 4. The number of aliphatic imine (C=N–C) groups is 1. The Bertz CT molecular complexity index is 908. The fraction of sp³-hybridized carbons (Fsp3) is 0.381. The van der Waals surface area contributed by atoms with Gasteiger partial charge in [-0.1, -0.05) is 12.1 Å². The molecule has 0 aliphatic carbocycles. The molecule has 1 saturated heterocycles. The molecule has 1 aliphatic heterocycles. The quantitative estimate of drug-likeness (QED) is 0.379. The molecule has 0 bridgehead atoms. The molecular weight excluding hydrogens is 388 g/mol. The van der Waals surface area contributed by atoms with Gasteiger partial charge in [0, 0.05) is 25.2 Å². The molecule has 0 aromatic heterocycles. The van der Waals surface area contributed by atoms with E-state index in [1.807, 2.05) is 18.9 Å². The Morgan fingerprint density at radius 1 is 1.24 bits per heavy atom. The molecular formula is C21H22F4N2O2. The Morgan fingerprint density at radius 3 is 2.52 bits per heavy atom. The van der Waals surface area contributed by atoms with Crippen LogP contribution in [0.15, 0.2) is 41.4 Å². The molecule has 0 radical (unpaired) electrons. The smallest absolute Gasteiger partial charge is 0.419 e. The van der Waals surface area contributed by atoms with Gasteiger partial charge >= 0.3 is 6.18 Å². The van der Waals surface area contributed by atoms with Crippen LogP contribution in [0.4, 0.5) is 23.2 Å². The maximum absolute atomic E-state index is 14.9. The Balaban J connectivity index is 1.97. The van der Waals surface area contributed by atoms with Crippen molar-refractivity contribution in [2.45, 2.75) is 25.6 Å². The molecule has 0 unspecified atom stereocenters. The minimum atomic E-state index is -4.58. The highest BCUT2D eigenvalue weighted by Gasteiger charge is 2.47. The summed E-state index contributed by atoms with van der Waals surface area (Å²) in [4.78, 5) is 6.11. The van der Waals surface area contributed by atoms with Gasteiger partial charge in [0.2, 0.25) is 0 Å². The van der Waals surface area contributed by atoms with Crippen molar-refractivity contribution in [2.75, 3.05) is 26.8 Å². The van der Waals surface area contributed by atoms with Crippen LogP contribution in [-0.2, 0) is 16.5 Å². The first-order valence-electron chi connectivity index (χ1n) is 9.14. The van der Waals surface area contributed by atoms with Crippen LogP contribution in [0.1, 0.15) is 23.6 Å². The van der Waals surface area contributed by atoms with E-state index >= 15 is 0 Å². The maximum atomic E-state index is 14.9. The van der Waals surface area contributed by atoms with Crippen molar-refractivity contribution in [3.05, 3.63) is 58.9 Å². The van der Waals surface area contributed by atoms with Gasteiger partial charge in [0.25, 0.3) is 0 Å². The molecule has 0 atom stereocenters. The molecule has 0 spiro atoms. The summed E-state index contributed by atoms with van der Waals surface area (Å²) in [6, 6.07) is 7.72. The van der Waals surface area contributed by atoms with Crippen LogP contribution in [0, 0.1) is 12.7 Å². The number of hydrogen-bond donors (Lipinski definition) is 0. The summed E-state index contributed by atoms with van der Waals surface area (Å²) in [7, 11) is 1.84. The number of alkyl halides is 3. The van der Waals surface area contributed by atoms with Gasteiger partial charge in [-0.2, -0.15) is 13.2 Å². The van der Waals surface area contributed by atoms with Gasteiger partial charge in [-0.05, 0) is 37.6 Å². The van der Waals surface area contributed by atoms with Gasteiger partial charge in [0.05, 0.1) is 30.8 Å². The second-order valence-corrected chi connectivity index (χ2v) is 7.02. The summed E-state index contributed by atoms with van der Waals surface area (Å²) in [5, 5.41) is 0. The third kappa shape index (κ3) is 4.37. The molecule has 2 aromatic rings. The lowest BCUT2D eigenvalue weighted by atomic mass is 9.89. The third-order valence-corrected chi connectivity index (χ3v) is 4.84. The van der Waals surface area contributed by atoms with E-state index in [1.165, 1.54) is 24.3 Å². The van der Waals surface area contributed by atoms with Crippen molar-refractivity contribution in [3.8, 4) is 5.75 Å². The zero-order chi connectivity index (χ0) is 21.2. The molecule has 4 nitrogen and oxygen atoms in total. The number of ether oxygens (including phenoxy) is 2. The predicted molar refractivity (Wildman–Crippen MR) is 102 cm³/mol. The van der Waals surface area contributed by atoms with Crippen LogP contribution < -0.4 is 4.74 Å². The van der Waals surface area contributed by atoms with Gasteiger partial charge < -0.3 is 14.4 Å². The van der Waals surface area contributed by atoms with E-state index in [4.69, 9.17) is 9.47 Å².